The number of rotatable bonds is 9. The lowest BCUT2D eigenvalue weighted by molar-refractivity contribution is -0.147. The molecule has 0 N–H and O–H groups in total. The van der Waals surface area contributed by atoms with E-state index in [0.717, 1.165) is 16.7 Å². The molecule has 1 atom stereocenters. The molecule has 1 fully saturated rings. The summed E-state index contributed by atoms with van der Waals surface area (Å²) in [5, 5.41) is 1.07. The number of esters is 1. The number of Topliss-reactive ketones (excluding diaryl/α,β-unsaturated/α-hetero) is 1. The average molecular weight is 574 g/mol. The molecule has 6 nitrogen and oxygen atoms in total. The van der Waals surface area contributed by atoms with Gasteiger partial charge in [0.2, 0.25) is 5.91 Å². The molecule has 1 aliphatic heterocycles. The second-order valence-electron chi connectivity index (χ2n) is 9.40. The molecular formula is C32H25Cl2NO5. The highest BCUT2D eigenvalue weighted by Crippen LogP contribution is 2.29. The Kier molecular flexibility index (Phi) is 8.48. The summed E-state index contributed by atoms with van der Waals surface area (Å²) >= 11 is 12.1. The van der Waals surface area contributed by atoms with Crippen molar-refractivity contribution in [3.05, 3.63) is 118 Å². The predicted molar refractivity (Wildman–Crippen MR) is 155 cm³/mol. The quantitative estimate of drug-likeness (QED) is 0.159. The van der Waals surface area contributed by atoms with E-state index in [2.05, 4.69) is 0 Å². The lowest BCUT2D eigenvalue weighted by atomic mass is 10.0. The smallest absolute Gasteiger partial charge is 0.311 e. The van der Waals surface area contributed by atoms with Crippen LogP contribution in [0.4, 0.5) is 5.69 Å². The summed E-state index contributed by atoms with van der Waals surface area (Å²) in [6.45, 7) is 0.0674. The number of hydrogen-bond donors (Lipinski definition) is 0. The summed E-state index contributed by atoms with van der Waals surface area (Å²) in [5.41, 5.74) is 3.94. The van der Waals surface area contributed by atoms with E-state index in [1.807, 2.05) is 42.5 Å². The maximum atomic E-state index is 12.7. The van der Waals surface area contributed by atoms with Gasteiger partial charge in [0.15, 0.2) is 12.4 Å². The van der Waals surface area contributed by atoms with E-state index in [1.165, 1.54) is 4.90 Å². The number of carbonyl (C=O) groups is 3. The van der Waals surface area contributed by atoms with E-state index in [9.17, 15) is 14.4 Å². The number of hydrogen-bond acceptors (Lipinski definition) is 5. The van der Waals surface area contributed by atoms with Gasteiger partial charge in [-0.15, -0.1) is 0 Å². The van der Waals surface area contributed by atoms with E-state index in [1.54, 1.807) is 54.6 Å². The molecule has 40 heavy (non-hydrogen) atoms. The summed E-state index contributed by atoms with van der Waals surface area (Å²) in [4.78, 5) is 39.5. The van der Waals surface area contributed by atoms with Gasteiger partial charge < -0.3 is 14.4 Å². The van der Waals surface area contributed by atoms with Crippen molar-refractivity contribution in [3.8, 4) is 16.9 Å². The number of benzene rings is 4. The van der Waals surface area contributed by atoms with Gasteiger partial charge in [-0.3, -0.25) is 14.4 Å². The zero-order valence-electron chi connectivity index (χ0n) is 21.4. The third-order valence-corrected chi connectivity index (χ3v) is 7.26. The first kappa shape index (κ1) is 27.4. The predicted octanol–water partition coefficient (Wildman–Crippen LogP) is 7.02. The summed E-state index contributed by atoms with van der Waals surface area (Å²) in [7, 11) is 0. The molecule has 1 aliphatic rings. The van der Waals surface area contributed by atoms with Crippen LogP contribution in [0.5, 0.6) is 5.75 Å². The van der Waals surface area contributed by atoms with Gasteiger partial charge in [0.05, 0.1) is 5.92 Å². The lowest BCUT2D eigenvalue weighted by Crippen LogP contribution is -2.27. The van der Waals surface area contributed by atoms with Crippen LogP contribution in [0.2, 0.25) is 10.0 Å². The van der Waals surface area contributed by atoms with Crippen LogP contribution in [0.1, 0.15) is 22.3 Å². The Hall–Kier alpha value is -4.13. The van der Waals surface area contributed by atoms with Crippen LogP contribution in [0.25, 0.3) is 11.1 Å². The van der Waals surface area contributed by atoms with Crippen molar-refractivity contribution in [2.75, 3.05) is 18.1 Å². The van der Waals surface area contributed by atoms with Gasteiger partial charge in [-0.2, -0.15) is 0 Å². The monoisotopic (exact) mass is 573 g/mol. The summed E-state index contributed by atoms with van der Waals surface area (Å²) in [6, 6.07) is 29.2. The SMILES string of the molecule is O=C(COC(=O)[C@@H]1CC(=O)N(c2ccc(OCc3ccc(Cl)cc3Cl)cc2)C1)c1ccc(-c2ccccc2)cc1. The third kappa shape index (κ3) is 6.53. The molecule has 1 amide bonds. The van der Waals surface area contributed by atoms with E-state index < -0.39 is 11.9 Å². The van der Waals surface area contributed by atoms with Crippen molar-refractivity contribution in [1.82, 2.24) is 0 Å². The highest BCUT2D eigenvalue weighted by atomic mass is 35.5. The molecule has 0 aromatic heterocycles. The van der Waals surface area contributed by atoms with Crippen molar-refractivity contribution in [2.45, 2.75) is 13.0 Å². The number of ketones is 1. The second kappa shape index (κ2) is 12.4. The Morgan fingerprint density at radius 1 is 0.850 bits per heavy atom. The second-order valence-corrected chi connectivity index (χ2v) is 10.2. The zero-order valence-corrected chi connectivity index (χ0v) is 22.9. The van der Waals surface area contributed by atoms with Crippen molar-refractivity contribution in [2.24, 2.45) is 5.92 Å². The zero-order chi connectivity index (χ0) is 28.1. The molecule has 1 heterocycles. The molecule has 4 aromatic carbocycles. The molecule has 0 aliphatic carbocycles. The molecular weight excluding hydrogens is 549 g/mol. The van der Waals surface area contributed by atoms with Crippen LogP contribution in [0.15, 0.2) is 97.1 Å². The van der Waals surface area contributed by atoms with Crippen LogP contribution < -0.4 is 9.64 Å². The highest BCUT2D eigenvalue weighted by Gasteiger charge is 2.36. The maximum Gasteiger partial charge on any atom is 0.311 e. The molecule has 8 heteroatoms. The first-order valence-corrected chi connectivity index (χ1v) is 13.5. The number of carbonyl (C=O) groups excluding carboxylic acids is 3. The van der Waals surface area contributed by atoms with Crippen molar-refractivity contribution >= 4 is 46.5 Å². The molecule has 5 rings (SSSR count). The minimum absolute atomic E-state index is 0.0200. The van der Waals surface area contributed by atoms with E-state index >= 15 is 0 Å². The summed E-state index contributed by atoms with van der Waals surface area (Å²) in [6.07, 6.45) is 0.0200. The van der Waals surface area contributed by atoms with Crippen LogP contribution in [0, 0.1) is 5.92 Å². The summed E-state index contributed by atoms with van der Waals surface area (Å²) < 4.78 is 11.1. The van der Waals surface area contributed by atoms with Crippen molar-refractivity contribution in [1.29, 1.82) is 0 Å². The number of ether oxygens (including phenoxy) is 2. The highest BCUT2D eigenvalue weighted by molar-refractivity contribution is 6.35. The number of amides is 1. The standard InChI is InChI=1S/C32H25Cl2NO5/c33-26-11-10-24(29(34)17-26)19-39-28-14-12-27(13-15-28)35-18-25(16-31(35)37)32(38)40-20-30(36)23-8-6-22(7-9-23)21-4-2-1-3-5-21/h1-15,17,25H,16,18-20H2/t25-/m1/s1. The van der Waals surface area contributed by atoms with Gasteiger partial charge in [-0.1, -0.05) is 83.9 Å². The molecule has 0 bridgehead atoms. The topological polar surface area (TPSA) is 72.9 Å². The van der Waals surface area contributed by atoms with Crippen LogP contribution in [-0.4, -0.2) is 30.8 Å². The largest absolute Gasteiger partial charge is 0.489 e. The van der Waals surface area contributed by atoms with Crippen LogP contribution in [0.3, 0.4) is 0 Å². The van der Waals surface area contributed by atoms with E-state index in [4.69, 9.17) is 32.7 Å². The fourth-order valence-electron chi connectivity index (χ4n) is 4.45. The Labute approximate surface area is 242 Å². The van der Waals surface area contributed by atoms with Crippen molar-refractivity contribution in [3.63, 3.8) is 0 Å². The lowest BCUT2D eigenvalue weighted by Gasteiger charge is -2.17. The first-order valence-electron chi connectivity index (χ1n) is 12.7. The minimum Gasteiger partial charge on any atom is -0.489 e. The average Bonchev–Trinajstić information content (AvgIpc) is 3.37. The van der Waals surface area contributed by atoms with Gasteiger partial charge in [-0.05, 0) is 47.5 Å². The molecule has 202 valence electrons. The fraction of sp³-hybridized carbons (Fsp3) is 0.156. The van der Waals surface area contributed by atoms with Gasteiger partial charge in [-0.25, -0.2) is 0 Å². The van der Waals surface area contributed by atoms with Gasteiger partial charge in [0.25, 0.3) is 0 Å². The molecule has 1 saturated heterocycles. The van der Waals surface area contributed by atoms with Gasteiger partial charge in [0.1, 0.15) is 12.4 Å². The van der Waals surface area contributed by atoms with Crippen molar-refractivity contribution < 1.29 is 23.9 Å². The maximum absolute atomic E-state index is 12.7. The first-order chi connectivity index (χ1) is 19.4. The Morgan fingerprint density at radius 3 is 2.25 bits per heavy atom. The normalized spacial score (nSPS) is 14.7. The van der Waals surface area contributed by atoms with Gasteiger partial charge in [0, 0.05) is 39.8 Å². The van der Waals surface area contributed by atoms with Crippen LogP contribution in [-0.2, 0) is 20.9 Å². The van der Waals surface area contributed by atoms with Crippen LogP contribution >= 0.6 is 23.2 Å². The van der Waals surface area contributed by atoms with E-state index in [-0.39, 0.29) is 37.9 Å². The van der Waals surface area contributed by atoms with E-state index in [0.29, 0.717) is 27.0 Å². The third-order valence-electron chi connectivity index (χ3n) is 6.68. The molecule has 0 radical (unpaired) electrons. The Bertz CT molecular complexity index is 1520. The summed E-state index contributed by atoms with van der Waals surface area (Å²) in [5.74, 6) is -1.10. The molecule has 0 saturated carbocycles. The number of anilines is 1. The Balaban J connectivity index is 1.12. The Morgan fingerprint density at radius 2 is 1.55 bits per heavy atom. The molecule has 0 spiro atoms. The van der Waals surface area contributed by atoms with Gasteiger partial charge >= 0.3 is 5.97 Å². The fourth-order valence-corrected chi connectivity index (χ4v) is 4.92. The minimum atomic E-state index is -0.649. The molecule has 0 unspecified atom stereocenters. The molecule has 4 aromatic rings. The number of nitrogens with zero attached hydrogens (tertiary/aromatic N) is 1. The number of halogens is 2.